The van der Waals surface area contributed by atoms with Crippen molar-refractivity contribution in [2.75, 3.05) is 13.1 Å². The van der Waals surface area contributed by atoms with E-state index in [4.69, 9.17) is 0 Å². The molecule has 0 bridgehead atoms. The zero-order valence-electron chi connectivity index (χ0n) is 10.5. The zero-order chi connectivity index (χ0) is 10.7. The van der Waals surface area contributed by atoms with Crippen LogP contribution in [0.4, 0.5) is 0 Å². The maximum atomic E-state index is 3.68. The summed E-state index contributed by atoms with van der Waals surface area (Å²) >= 11 is 0. The van der Waals surface area contributed by atoms with Crippen LogP contribution < -0.4 is 5.32 Å². The van der Waals surface area contributed by atoms with Crippen molar-refractivity contribution in [2.24, 2.45) is 23.7 Å². The Bertz CT molecular complexity index is 168. The van der Waals surface area contributed by atoms with Crippen LogP contribution in [0.5, 0.6) is 0 Å². The van der Waals surface area contributed by atoms with Crippen molar-refractivity contribution >= 4 is 0 Å². The zero-order valence-corrected chi connectivity index (χ0v) is 10.5. The summed E-state index contributed by atoms with van der Waals surface area (Å²) < 4.78 is 0. The topological polar surface area (TPSA) is 12.0 Å². The Morgan fingerprint density at radius 2 is 1.67 bits per heavy atom. The van der Waals surface area contributed by atoms with E-state index >= 15 is 0 Å². The maximum absolute atomic E-state index is 3.68. The van der Waals surface area contributed by atoms with Gasteiger partial charge in [-0.15, -0.1) is 0 Å². The Labute approximate surface area is 95.0 Å². The SMILES string of the molecule is CC(C)CCCNCC(C1CC1)C1CC1. The summed E-state index contributed by atoms with van der Waals surface area (Å²) in [4.78, 5) is 0. The van der Waals surface area contributed by atoms with Gasteiger partial charge in [-0.1, -0.05) is 13.8 Å². The minimum Gasteiger partial charge on any atom is -0.316 e. The monoisotopic (exact) mass is 209 g/mol. The normalized spacial score (nSPS) is 21.6. The average Bonchev–Trinajstić information content (AvgIpc) is 3.00. The van der Waals surface area contributed by atoms with Gasteiger partial charge in [0.1, 0.15) is 0 Å². The van der Waals surface area contributed by atoms with Crippen molar-refractivity contribution in [3.05, 3.63) is 0 Å². The summed E-state index contributed by atoms with van der Waals surface area (Å²) in [7, 11) is 0. The van der Waals surface area contributed by atoms with Crippen LogP contribution in [0, 0.1) is 23.7 Å². The van der Waals surface area contributed by atoms with Gasteiger partial charge in [-0.2, -0.15) is 0 Å². The van der Waals surface area contributed by atoms with Crippen molar-refractivity contribution in [2.45, 2.75) is 52.4 Å². The smallest absolute Gasteiger partial charge is 0.00152 e. The highest BCUT2D eigenvalue weighted by molar-refractivity contribution is 4.92. The lowest BCUT2D eigenvalue weighted by Crippen LogP contribution is -2.26. The van der Waals surface area contributed by atoms with E-state index in [9.17, 15) is 0 Å². The van der Waals surface area contributed by atoms with Crippen LogP contribution in [-0.2, 0) is 0 Å². The predicted octanol–water partition coefficient (Wildman–Crippen LogP) is 3.45. The van der Waals surface area contributed by atoms with Gasteiger partial charge in [-0.05, 0) is 75.3 Å². The van der Waals surface area contributed by atoms with Gasteiger partial charge in [0, 0.05) is 0 Å². The Morgan fingerprint density at radius 1 is 1.07 bits per heavy atom. The standard InChI is InChI=1S/C14H27N/c1-11(2)4-3-9-15-10-14(12-5-6-12)13-7-8-13/h11-15H,3-10H2,1-2H3. The third-order valence-electron chi connectivity index (χ3n) is 3.97. The second-order valence-corrected chi connectivity index (χ2v) is 6.08. The first-order valence-electron chi connectivity index (χ1n) is 6.98. The molecule has 1 N–H and O–H groups in total. The first-order chi connectivity index (χ1) is 7.27. The van der Waals surface area contributed by atoms with E-state index in [-0.39, 0.29) is 0 Å². The summed E-state index contributed by atoms with van der Waals surface area (Å²) in [5.41, 5.74) is 0. The molecular weight excluding hydrogens is 182 g/mol. The van der Waals surface area contributed by atoms with Crippen molar-refractivity contribution in [3.8, 4) is 0 Å². The summed E-state index contributed by atoms with van der Waals surface area (Å²) in [6, 6.07) is 0. The number of hydrogen-bond donors (Lipinski definition) is 1. The van der Waals surface area contributed by atoms with E-state index in [0.717, 1.165) is 23.7 Å². The lowest BCUT2D eigenvalue weighted by Gasteiger charge is -2.16. The van der Waals surface area contributed by atoms with Crippen LogP contribution in [0.1, 0.15) is 52.4 Å². The molecular formula is C14H27N. The molecule has 0 aromatic heterocycles. The van der Waals surface area contributed by atoms with Crippen molar-refractivity contribution < 1.29 is 0 Å². The molecule has 2 fully saturated rings. The Kier molecular flexibility index (Phi) is 4.07. The summed E-state index contributed by atoms with van der Waals surface area (Å²) in [5, 5.41) is 3.68. The molecule has 15 heavy (non-hydrogen) atoms. The molecule has 2 saturated carbocycles. The molecule has 0 aliphatic heterocycles. The fourth-order valence-corrected chi connectivity index (χ4v) is 2.67. The van der Waals surface area contributed by atoms with Gasteiger partial charge in [-0.25, -0.2) is 0 Å². The summed E-state index contributed by atoms with van der Waals surface area (Å²) in [6.45, 7) is 7.19. The third-order valence-corrected chi connectivity index (χ3v) is 3.97. The van der Waals surface area contributed by atoms with E-state index in [1.807, 2.05) is 0 Å². The van der Waals surface area contributed by atoms with Crippen molar-refractivity contribution in [3.63, 3.8) is 0 Å². The van der Waals surface area contributed by atoms with E-state index in [1.54, 1.807) is 0 Å². The molecule has 0 atom stereocenters. The first kappa shape index (κ1) is 11.4. The second kappa shape index (κ2) is 5.34. The molecule has 0 spiro atoms. The highest BCUT2D eigenvalue weighted by Crippen LogP contribution is 2.48. The predicted molar refractivity (Wildman–Crippen MR) is 65.9 cm³/mol. The van der Waals surface area contributed by atoms with Crippen LogP contribution in [-0.4, -0.2) is 13.1 Å². The van der Waals surface area contributed by atoms with E-state index in [0.29, 0.717) is 0 Å². The first-order valence-corrected chi connectivity index (χ1v) is 6.98. The maximum Gasteiger partial charge on any atom is -0.00152 e. The Balaban J connectivity index is 1.51. The molecule has 0 aromatic carbocycles. The molecule has 2 aliphatic carbocycles. The van der Waals surface area contributed by atoms with Gasteiger partial charge in [0.05, 0.1) is 0 Å². The van der Waals surface area contributed by atoms with E-state index in [1.165, 1.54) is 51.6 Å². The van der Waals surface area contributed by atoms with E-state index in [2.05, 4.69) is 19.2 Å². The highest BCUT2D eigenvalue weighted by atomic mass is 14.9. The van der Waals surface area contributed by atoms with Crippen LogP contribution in [0.2, 0.25) is 0 Å². The number of rotatable bonds is 8. The van der Waals surface area contributed by atoms with Gasteiger partial charge in [0.25, 0.3) is 0 Å². The van der Waals surface area contributed by atoms with Gasteiger partial charge in [-0.3, -0.25) is 0 Å². The molecule has 0 aromatic rings. The molecule has 88 valence electrons. The van der Waals surface area contributed by atoms with Gasteiger partial charge in [0.15, 0.2) is 0 Å². The highest BCUT2D eigenvalue weighted by Gasteiger charge is 2.40. The van der Waals surface area contributed by atoms with Gasteiger partial charge in [0.2, 0.25) is 0 Å². The van der Waals surface area contributed by atoms with Crippen LogP contribution in [0.3, 0.4) is 0 Å². The molecule has 0 heterocycles. The fraction of sp³-hybridized carbons (Fsp3) is 1.00. The minimum absolute atomic E-state index is 0.870. The molecule has 0 radical (unpaired) electrons. The minimum atomic E-state index is 0.870. The Morgan fingerprint density at radius 3 is 2.13 bits per heavy atom. The fourth-order valence-electron chi connectivity index (χ4n) is 2.67. The molecule has 2 aliphatic rings. The Hall–Kier alpha value is -0.0400. The molecule has 0 saturated heterocycles. The van der Waals surface area contributed by atoms with Crippen LogP contribution in [0.25, 0.3) is 0 Å². The van der Waals surface area contributed by atoms with Crippen molar-refractivity contribution in [1.29, 1.82) is 0 Å². The summed E-state index contributed by atoms with van der Waals surface area (Å²) in [5.74, 6) is 4.13. The quantitative estimate of drug-likeness (QED) is 0.604. The largest absolute Gasteiger partial charge is 0.316 e. The number of hydrogen-bond acceptors (Lipinski definition) is 1. The lowest BCUT2D eigenvalue weighted by atomic mass is 9.98. The van der Waals surface area contributed by atoms with Crippen molar-refractivity contribution in [1.82, 2.24) is 5.32 Å². The van der Waals surface area contributed by atoms with E-state index < -0.39 is 0 Å². The molecule has 0 unspecified atom stereocenters. The van der Waals surface area contributed by atoms with Crippen LogP contribution >= 0.6 is 0 Å². The molecule has 0 amide bonds. The van der Waals surface area contributed by atoms with Gasteiger partial charge < -0.3 is 5.32 Å². The molecule has 2 rings (SSSR count). The number of nitrogens with one attached hydrogen (secondary N) is 1. The van der Waals surface area contributed by atoms with Crippen LogP contribution in [0.15, 0.2) is 0 Å². The lowest BCUT2D eigenvalue weighted by molar-refractivity contribution is 0.375. The molecule has 1 nitrogen and oxygen atoms in total. The average molecular weight is 209 g/mol. The molecule has 1 heteroatoms. The third kappa shape index (κ3) is 4.14. The summed E-state index contributed by atoms with van der Waals surface area (Å²) in [6.07, 6.45) is 8.83. The second-order valence-electron chi connectivity index (χ2n) is 6.08. The van der Waals surface area contributed by atoms with Gasteiger partial charge >= 0.3 is 0 Å².